The number of hydrogen-bond donors (Lipinski definition) is 0. The van der Waals surface area contributed by atoms with Crippen LogP contribution in [0.1, 0.15) is 17.6 Å². The normalized spacial score (nSPS) is 10.7. The number of aromatic nitrogens is 1. The summed E-state index contributed by atoms with van der Waals surface area (Å²) in [7, 11) is 0. The Kier molecular flexibility index (Phi) is 3.46. The topological polar surface area (TPSA) is 56.0 Å². The van der Waals surface area contributed by atoms with Crippen LogP contribution < -0.4 is 0 Å². The number of pyridine rings is 1. The molecule has 0 atom stereocenters. The number of hydrogen-bond acceptors (Lipinski definition) is 3. The molecular formula is C7H4ClF3N2O2. The van der Waals surface area contributed by atoms with Crippen LogP contribution in [0.4, 0.5) is 18.9 Å². The van der Waals surface area contributed by atoms with Crippen LogP contribution in [0.15, 0.2) is 6.20 Å². The Morgan fingerprint density at radius 3 is 2.60 bits per heavy atom. The van der Waals surface area contributed by atoms with Gasteiger partial charge in [0.25, 0.3) is 12.1 Å². The first-order valence-electron chi connectivity index (χ1n) is 3.64. The lowest BCUT2D eigenvalue weighted by molar-refractivity contribution is -0.387. The third-order valence-electron chi connectivity index (χ3n) is 1.66. The summed E-state index contributed by atoms with van der Waals surface area (Å²) in [5.74, 6) is -1.94. The van der Waals surface area contributed by atoms with Gasteiger partial charge in [-0.15, -0.1) is 11.6 Å². The fourth-order valence-corrected chi connectivity index (χ4v) is 1.24. The van der Waals surface area contributed by atoms with E-state index in [1.54, 1.807) is 0 Å². The van der Waals surface area contributed by atoms with Gasteiger partial charge in [0, 0.05) is 6.20 Å². The number of rotatable bonds is 3. The van der Waals surface area contributed by atoms with E-state index in [9.17, 15) is 23.3 Å². The number of nitro groups is 1. The van der Waals surface area contributed by atoms with Crippen molar-refractivity contribution in [1.82, 2.24) is 4.98 Å². The van der Waals surface area contributed by atoms with E-state index < -0.39 is 28.5 Å². The van der Waals surface area contributed by atoms with E-state index in [-0.39, 0.29) is 11.4 Å². The van der Waals surface area contributed by atoms with Crippen molar-refractivity contribution in [3.63, 3.8) is 0 Å². The number of halogens is 4. The van der Waals surface area contributed by atoms with Crippen LogP contribution in [0.5, 0.6) is 0 Å². The summed E-state index contributed by atoms with van der Waals surface area (Å²) in [5.41, 5.74) is -2.57. The molecule has 0 saturated heterocycles. The number of nitrogens with zero attached hydrogens (tertiary/aromatic N) is 2. The highest BCUT2D eigenvalue weighted by Crippen LogP contribution is 2.33. The predicted molar refractivity (Wildman–Crippen MR) is 45.4 cm³/mol. The van der Waals surface area contributed by atoms with Crippen molar-refractivity contribution < 1.29 is 18.1 Å². The largest absolute Gasteiger partial charge is 0.288 e. The zero-order valence-corrected chi connectivity index (χ0v) is 7.84. The molecule has 0 amide bonds. The second-order valence-corrected chi connectivity index (χ2v) is 2.80. The molecule has 0 unspecified atom stereocenters. The smallest absolute Gasteiger partial charge is 0.258 e. The van der Waals surface area contributed by atoms with Gasteiger partial charge in [0.1, 0.15) is 0 Å². The van der Waals surface area contributed by atoms with Crippen molar-refractivity contribution in [2.24, 2.45) is 0 Å². The summed E-state index contributed by atoms with van der Waals surface area (Å²) in [6.07, 6.45) is -2.53. The summed E-state index contributed by atoms with van der Waals surface area (Å²) in [6, 6.07) is 0. The van der Waals surface area contributed by atoms with E-state index in [1.165, 1.54) is 0 Å². The van der Waals surface area contributed by atoms with E-state index in [2.05, 4.69) is 4.98 Å². The zero-order valence-electron chi connectivity index (χ0n) is 7.08. The molecule has 1 aromatic heterocycles. The Labute approximate surface area is 86.8 Å². The quantitative estimate of drug-likeness (QED) is 0.353. The molecular weight excluding hydrogens is 237 g/mol. The summed E-state index contributed by atoms with van der Waals surface area (Å²) in [5, 5.41) is 10.5. The number of alkyl halides is 3. The Bertz CT molecular complexity index is 400. The van der Waals surface area contributed by atoms with Crippen LogP contribution >= 0.6 is 11.6 Å². The molecule has 0 spiro atoms. The molecule has 0 fully saturated rings. The molecule has 0 radical (unpaired) electrons. The Morgan fingerprint density at radius 2 is 2.20 bits per heavy atom. The first-order valence-corrected chi connectivity index (χ1v) is 4.18. The second kappa shape index (κ2) is 4.43. The van der Waals surface area contributed by atoms with Gasteiger partial charge in [0.05, 0.1) is 16.4 Å². The van der Waals surface area contributed by atoms with Gasteiger partial charge in [0.15, 0.2) is 5.56 Å². The molecule has 15 heavy (non-hydrogen) atoms. The summed E-state index contributed by atoms with van der Waals surface area (Å²) < 4.78 is 37.5. The van der Waals surface area contributed by atoms with Crippen molar-refractivity contribution in [3.05, 3.63) is 33.4 Å². The Balaban J connectivity index is 3.51. The molecule has 0 bridgehead atoms. The van der Waals surface area contributed by atoms with Gasteiger partial charge in [-0.1, -0.05) is 0 Å². The highest BCUT2D eigenvalue weighted by atomic mass is 35.5. The van der Waals surface area contributed by atoms with Crippen molar-refractivity contribution in [2.75, 3.05) is 0 Å². The van der Waals surface area contributed by atoms with Gasteiger partial charge in [-0.05, 0) is 0 Å². The van der Waals surface area contributed by atoms with E-state index in [1.807, 2.05) is 0 Å². The lowest BCUT2D eigenvalue weighted by atomic mass is 10.1. The maximum absolute atomic E-state index is 12.8. The fraction of sp³-hybridized carbons (Fsp3) is 0.286. The standard InChI is InChI=1S/C7H4ClF3N2O2/c8-1-3-2-12-7(11)4(6(9)10)5(3)13(14)15/h2,6H,1H2. The van der Waals surface area contributed by atoms with Crippen molar-refractivity contribution in [3.8, 4) is 0 Å². The molecule has 8 heteroatoms. The molecule has 0 N–H and O–H groups in total. The monoisotopic (exact) mass is 240 g/mol. The molecule has 82 valence electrons. The SMILES string of the molecule is O=[N+]([O-])c1c(CCl)cnc(F)c1C(F)F. The van der Waals surface area contributed by atoms with Crippen LogP contribution in [-0.4, -0.2) is 9.91 Å². The third-order valence-corrected chi connectivity index (χ3v) is 1.95. The average molecular weight is 241 g/mol. The highest BCUT2D eigenvalue weighted by molar-refractivity contribution is 6.17. The lowest BCUT2D eigenvalue weighted by Crippen LogP contribution is -2.05. The van der Waals surface area contributed by atoms with Crippen LogP contribution in [0.3, 0.4) is 0 Å². The van der Waals surface area contributed by atoms with Gasteiger partial charge in [-0.2, -0.15) is 4.39 Å². The molecule has 1 aromatic rings. The van der Waals surface area contributed by atoms with Gasteiger partial charge < -0.3 is 0 Å². The molecule has 0 aliphatic carbocycles. The van der Waals surface area contributed by atoms with E-state index in [0.29, 0.717) is 0 Å². The molecule has 1 rings (SSSR count). The van der Waals surface area contributed by atoms with Crippen LogP contribution in [0, 0.1) is 16.1 Å². The molecule has 0 aromatic carbocycles. The minimum absolute atomic E-state index is 0.238. The maximum atomic E-state index is 12.8. The average Bonchev–Trinajstić information content (AvgIpc) is 2.16. The summed E-state index contributed by atoms with van der Waals surface area (Å²) >= 11 is 5.29. The molecule has 0 saturated carbocycles. The maximum Gasteiger partial charge on any atom is 0.288 e. The van der Waals surface area contributed by atoms with E-state index >= 15 is 0 Å². The van der Waals surface area contributed by atoms with Crippen molar-refractivity contribution in [2.45, 2.75) is 12.3 Å². The first kappa shape index (κ1) is 11.7. The fourth-order valence-electron chi connectivity index (χ4n) is 1.04. The summed E-state index contributed by atoms with van der Waals surface area (Å²) in [4.78, 5) is 12.4. The van der Waals surface area contributed by atoms with E-state index in [0.717, 1.165) is 6.20 Å². The van der Waals surface area contributed by atoms with Gasteiger partial charge in [-0.25, -0.2) is 13.8 Å². The predicted octanol–water partition coefficient (Wildman–Crippen LogP) is 2.81. The minimum Gasteiger partial charge on any atom is -0.258 e. The van der Waals surface area contributed by atoms with Crippen LogP contribution in [0.25, 0.3) is 0 Å². The minimum atomic E-state index is -3.30. The van der Waals surface area contributed by atoms with E-state index in [4.69, 9.17) is 11.6 Å². The van der Waals surface area contributed by atoms with Gasteiger partial charge >= 0.3 is 0 Å². The molecule has 0 aliphatic rings. The van der Waals surface area contributed by atoms with Gasteiger partial charge in [0.2, 0.25) is 5.95 Å². The Morgan fingerprint density at radius 1 is 1.60 bits per heavy atom. The zero-order chi connectivity index (χ0) is 11.6. The van der Waals surface area contributed by atoms with Crippen molar-refractivity contribution in [1.29, 1.82) is 0 Å². The lowest BCUT2D eigenvalue weighted by Gasteiger charge is -2.05. The van der Waals surface area contributed by atoms with Gasteiger partial charge in [-0.3, -0.25) is 10.1 Å². The first-order chi connectivity index (χ1) is 6.99. The summed E-state index contributed by atoms with van der Waals surface area (Å²) in [6.45, 7) is 0. The molecule has 4 nitrogen and oxygen atoms in total. The molecule has 0 aliphatic heterocycles. The van der Waals surface area contributed by atoms with Crippen LogP contribution in [-0.2, 0) is 5.88 Å². The van der Waals surface area contributed by atoms with Crippen LogP contribution in [0.2, 0.25) is 0 Å². The second-order valence-electron chi connectivity index (χ2n) is 2.53. The molecule has 1 heterocycles. The third kappa shape index (κ3) is 2.17. The Hall–Kier alpha value is -1.37. The van der Waals surface area contributed by atoms with Crippen molar-refractivity contribution >= 4 is 17.3 Å². The highest BCUT2D eigenvalue weighted by Gasteiger charge is 2.30.